The first-order valence-corrected chi connectivity index (χ1v) is 12.7. The highest BCUT2D eigenvalue weighted by molar-refractivity contribution is 5.88. The summed E-state index contributed by atoms with van der Waals surface area (Å²) < 4.78 is 1.66. The van der Waals surface area contributed by atoms with Gasteiger partial charge in [-0.3, -0.25) is 4.68 Å². The van der Waals surface area contributed by atoms with Crippen LogP contribution in [0, 0.1) is 0 Å². The molecule has 10 nitrogen and oxygen atoms in total. The van der Waals surface area contributed by atoms with Gasteiger partial charge in [0.15, 0.2) is 5.65 Å². The summed E-state index contributed by atoms with van der Waals surface area (Å²) >= 11 is 0. The summed E-state index contributed by atoms with van der Waals surface area (Å²) in [7, 11) is 1.81. The average molecular weight is 479 g/mol. The summed E-state index contributed by atoms with van der Waals surface area (Å²) in [5.74, 6) is 0.705. The monoisotopic (exact) mass is 478 g/mol. The van der Waals surface area contributed by atoms with E-state index in [1.54, 1.807) is 17.9 Å². The molecule has 1 saturated carbocycles. The first-order valence-electron chi connectivity index (χ1n) is 12.7. The topological polar surface area (TPSA) is 121 Å². The quantitative estimate of drug-likeness (QED) is 0.337. The molecule has 3 aromatic heterocycles. The van der Waals surface area contributed by atoms with E-state index in [4.69, 9.17) is 4.98 Å². The van der Waals surface area contributed by atoms with Gasteiger partial charge in [-0.15, -0.1) is 0 Å². The Hall–Kier alpha value is -3.27. The van der Waals surface area contributed by atoms with Crippen LogP contribution in [0.2, 0.25) is 0 Å². The van der Waals surface area contributed by atoms with Crippen LogP contribution in [-0.2, 0) is 24.7 Å². The second-order valence-electron chi connectivity index (χ2n) is 9.62. The highest BCUT2D eigenvalue weighted by atomic mass is 16.4. The van der Waals surface area contributed by atoms with Gasteiger partial charge < -0.3 is 20.6 Å². The summed E-state index contributed by atoms with van der Waals surface area (Å²) in [6, 6.07) is 4.25. The Kier molecular flexibility index (Phi) is 7.08. The van der Waals surface area contributed by atoms with Gasteiger partial charge in [-0.2, -0.15) is 5.10 Å². The molecule has 0 amide bonds. The van der Waals surface area contributed by atoms with Crippen molar-refractivity contribution in [2.75, 3.05) is 30.3 Å². The van der Waals surface area contributed by atoms with E-state index in [2.05, 4.69) is 42.7 Å². The molecule has 1 aliphatic heterocycles. The van der Waals surface area contributed by atoms with Crippen LogP contribution in [0.1, 0.15) is 49.8 Å². The molecule has 3 aromatic rings. The van der Waals surface area contributed by atoms with Crippen molar-refractivity contribution < 1.29 is 9.90 Å². The fourth-order valence-electron chi connectivity index (χ4n) is 4.84. The van der Waals surface area contributed by atoms with Crippen molar-refractivity contribution in [3.63, 3.8) is 0 Å². The van der Waals surface area contributed by atoms with Crippen molar-refractivity contribution in [1.82, 2.24) is 29.6 Å². The molecule has 2 aliphatic rings. The average Bonchev–Trinajstić information content (AvgIpc) is 3.64. The van der Waals surface area contributed by atoms with E-state index in [9.17, 15) is 9.90 Å². The third kappa shape index (κ3) is 5.70. The Bertz CT molecular complexity index is 1180. The number of aromatic nitrogens is 5. The smallest absolute Gasteiger partial charge is 0.326 e. The molecular formula is C25H34N8O2. The lowest BCUT2D eigenvalue weighted by Crippen LogP contribution is -2.36. The number of anilines is 2. The normalized spacial score (nSPS) is 16.2. The molecule has 0 bridgehead atoms. The van der Waals surface area contributed by atoms with Gasteiger partial charge >= 0.3 is 5.97 Å². The van der Waals surface area contributed by atoms with Crippen molar-refractivity contribution in [2.45, 2.75) is 63.5 Å². The number of fused-ring (bicyclic) bond motifs is 2. The number of hydrogen-bond donors (Lipinski definition) is 3. The number of unbranched alkanes of at least 4 members (excludes halogenated alkanes) is 1. The molecule has 0 spiro atoms. The predicted octanol–water partition coefficient (Wildman–Crippen LogP) is 2.86. The lowest BCUT2D eigenvalue weighted by molar-refractivity contribution is -0.138. The zero-order valence-electron chi connectivity index (χ0n) is 20.3. The molecule has 5 rings (SSSR count). The maximum Gasteiger partial charge on any atom is 0.326 e. The fraction of sp³-hybridized carbons (Fsp3) is 0.560. The molecular weight excluding hydrogens is 444 g/mol. The number of carboxylic acids is 1. The van der Waals surface area contributed by atoms with E-state index < -0.39 is 12.0 Å². The number of rotatable bonds is 12. The van der Waals surface area contributed by atoms with Gasteiger partial charge in [-0.05, 0) is 69.5 Å². The fourth-order valence-corrected chi connectivity index (χ4v) is 4.84. The Morgan fingerprint density at radius 1 is 1.29 bits per heavy atom. The third-order valence-electron chi connectivity index (χ3n) is 6.99. The molecule has 1 fully saturated rings. The van der Waals surface area contributed by atoms with Gasteiger partial charge in [0.25, 0.3) is 0 Å². The summed E-state index contributed by atoms with van der Waals surface area (Å²) in [5, 5.41) is 21.3. The minimum atomic E-state index is -0.872. The molecule has 0 saturated heterocycles. The van der Waals surface area contributed by atoms with Crippen LogP contribution in [0.15, 0.2) is 24.7 Å². The lowest BCUT2D eigenvalue weighted by atomic mass is 10.1. The van der Waals surface area contributed by atoms with Crippen molar-refractivity contribution >= 4 is 28.6 Å². The van der Waals surface area contributed by atoms with Crippen LogP contribution in [0.25, 0.3) is 11.0 Å². The first kappa shape index (κ1) is 23.5. The zero-order chi connectivity index (χ0) is 24.2. The van der Waals surface area contributed by atoms with Gasteiger partial charge in [-0.1, -0.05) is 6.07 Å². The standard InChI is InChI=1S/C25H34N8O2/c1-32-24-20(15-29-32)23(27-16-28-24)31-21(25(34)35)11-14-33(19-9-10-19)13-3-2-6-18-8-7-17-5-4-12-26-22(17)30-18/h7-8,15-16,19,21H,2-6,9-14H2,1H3,(H,26,30)(H,34,35)(H,27,28,31)/t21-/m0/s1. The van der Waals surface area contributed by atoms with Crippen molar-refractivity contribution in [3.05, 3.63) is 35.9 Å². The van der Waals surface area contributed by atoms with E-state index >= 15 is 0 Å². The number of carbonyl (C=O) groups is 1. The lowest BCUT2D eigenvalue weighted by Gasteiger charge is -2.24. The van der Waals surface area contributed by atoms with E-state index in [0.29, 0.717) is 23.9 Å². The van der Waals surface area contributed by atoms with Crippen molar-refractivity contribution in [2.24, 2.45) is 7.05 Å². The molecule has 1 aliphatic carbocycles. The number of aliphatic carboxylic acids is 1. The van der Waals surface area contributed by atoms with E-state index in [1.165, 1.54) is 31.2 Å². The number of carboxylic acid groups (broad SMARTS) is 1. The van der Waals surface area contributed by atoms with Gasteiger partial charge in [-0.25, -0.2) is 19.7 Å². The van der Waals surface area contributed by atoms with Crippen LogP contribution in [0.4, 0.5) is 11.6 Å². The zero-order valence-corrected chi connectivity index (χ0v) is 20.3. The van der Waals surface area contributed by atoms with Crippen molar-refractivity contribution in [3.8, 4) is 0 Å². The maximum absolute atomic E-state index is 12.0. The molecule has 4 heterocycles. The van der Waals surface area contributed by atoms with E-state index in [0.717, 1.165) is 62.2 Å². The third-order valence-corrected chi connectivity index (χ3v) is 6.99. The van der Waals surface area contributed by atoms with Gasteiger partial charge in [0.2, 0.25) is 0 Å². The van der Waals surface area contributed by atoms with Crippen molar-refractivity contribution in [1.29, 1.82) is 0 Å². The summed E-state index contributed by atoms with van der Waals surface area (Å²) in [6.45, 7) is 2.74. The number of nitrogens with zero attached hydrogens (tertiary/aromatic N) is 6. The Balaban J connectivity index is 1.13. The largest absolute Gasteiger partial charge is 0.480 e. The Morgan fingerprint density at radius 3 is 3.00 bits per heavy atom. The minimum absolute atomic E-state index is 0.510. The van der Waals surface area contributed by atoms with Crippen LogP contribution >= 0.6 is 0 Å². The van der Waals surface area contributed by atoms with Crippen LogP contribution in [0.5, 0.6) is 0 Å². The Morgan fingerprint density at radius 2 is 2.17 bits per heavy atom. The number of aryl methyl sites for hydroxylation is 3. The highest BCUT2D eigenvalue weighted by Crippen LogP contribution is 2.28. The van der Waals surface area contributed by atoms with Gasteiger partial charge in [0.1, 0.15) is 24.0 Å². The number of hydrogen-bond acceptors (Lipinski definition) is 8. The minimum Gasteiger partial charge on any atom is -0.480 e. The summed E-state index contributed by atoms with van der Waals surface area (Å²) in [4.78, 5) is 27.8. The second kappa shape index (κ2) is 10.6. The Labute approximate surface area is 205 Å². The molecule has 10 heteroatoms. The number of nitrogens with one attached hydrogen (secondary N) is 2. The first-order chi connectivity index (χ1) is 17.1. The molecule has 0 aromatic carbocycles. The van der Waals surface area contributed by atoms with Gasteiger partial charge in [0.05, 0.1) is 11.6 Å². The highest BCUT2D eigenvalue weighted by Gasteiger charge is 2.30. The molecule has 0 unspecified atom stereocenters. The summed E-state index contributed by atoms with van der Waals surface area (Å²) in [5.41, 5.74) is 3.15. The summed E-state index contributed by atoms with van der Waals surface area (Å²) in [6.07, 6.45) is 11.4. The SMILES string of the molecule is Cn1ncc2c(N[C@@H](CCN(CCCCc3ccc4c(n3)NCCC4)C3CC3)C(=O)O)ncnc21. The van der Waals surface area contributed by atoms with E-state index in [-0.39, 0.29) is 0 Å². The maximum atomic E-state index is 12.0. The molecule has 0 radical (unpaired) electrons. The second-order valence-corrected chi connectivity index (χ2v) is 9.62. The van der Waals surface area contributed by atoms with E-state index in [1.807, 2.05) is 0 Å². The van der Waals surface area contributed by atoms with Crippen LogP contribution in [0.3, 0.4) is 0 Å². The predicted molar refractivity (Wildman–Crippen MR) is 135 cm³/mol. The van der Waals surface area contributed by atoms with Crippen LogP contribution in [-0.4, -0.2) is 72.4 Å². The molecule has 35 heavy (non-hydrogen) atoms. The van der Waals surface area contributed by atoms with Crippen LogP contribution < -0.4 is 10.6 Å². The number of pyridine rings is 1. The van der Waals surface area contributed by atoms with Gasteiger partial charge in [0, 0.05) is 31.9 Å². The molecule has 3 N–H and O–H groups in total. The molecule has 1 atom stereocenters. The molecule has 186 valence electrons.